The number of nitrogens with two attached hydrogens (primary N) is 1. The molecule has 0 spiro atoms. The Bertz CT molecular complexity index is 205. The molecule has 0 aliphatic carbocycles. The summed E-state index contributed by atoms with van der Waals surface area (Å²) in [6.07, 6.45) is 5.71. The Balaban J connectivity index is 2.52. The van der Waals surface area contributed by atoms with E-state index in [1.165, 1.54) is 5.56 Å². The number of aryl methyl sites for hydroxylation is 2. The van der Waals surface area contributed by atoms with Gasteiger partial charge in [0.2, 0.25) is 0 Å². The first-order valence-electron chi connectivity index (χ1n) is 3.80. The van der Waals surface area contributed by atoms with Gasteiger partial charge < -0.3 is 5.73 Å². The van der Waals surface area contributed by atoms with Crippen molar-refractivity contribution in [1.29, 1.82) is 0 Å². The molecule has 0 radical (unpaired) electrons. The highest BCUT2D eigenvalue weighted by atomic mass is 14.8. The molecule has 0 saturated heterocycles. The van der Waals surface area contributed by atoms with Gasteiger partial charge >= 0.3 is 0 Å². The summed E-state index contributed by atoms with van der Waals surface area (Å²) in [5.41, 5.74) is 6.53. The van der Waals surface area contributed by atoms with E-state index in [2.05, 4.69) is 9.97 Å². The Hall–Kier alpha value is -0.960. The molecule has 0 bridgehead atoms. The highest BCUT2D eigenvalue weighted by Crippen LogP contribution is 1.98. The van der Waals surface area contributed by atoms with Crippen LogP contribution in [0.5, 0.6) is 0 Å². The van der Waals surface area contributed by atoms with E-state index in [9.17, 15) is 0 Å². The van der Waals surface area contributed by atoms with Crippen molar-refractivity contribution in [3.05, 3.63) is 23.8 Å². The molecule has 0 aromatic carbocycles. The molecule has 0 aliphatic heterocycles. The average Bonchev–Trinajstić information content (AvgIpc) is 2.04. The minimum absolute atomic E-state index is 0.730. The number of hydrogen-bond donors (Lipinski definition) is 1. The highest BCUT2D eigenvalue weighted by molar-refractivity contribution is 5.04. The third-order valence-electron chi connectivity index (χ3n) is 1.50. The number of aromatic nitrogens is 2. The lowest BCUT2D eigenvalue weighted by Crippen LogP contribution is -2.01. The first-order chi connectivity index (χ1) is 5.33. The topological polar surface area (TPSA) is 51.8 Å². The second-order valence-corrected chi connectivity index (χ2v) is 2.53. The fourth-order valence-corrected chi connectivity index (χ4v) is 0.855. The molecular formula is C8H13N3. The van der Waals surface area contributed by atoms with Crippen LogP contribution in [0, 0.1) is 6.92 Å². The Labute approximate surface area is 66.7 Å². The smallest absolute Gasteiger partial charge is 0.125 e. The van der Waals surface area contributed by atoms with Crippen molar-refractivity contribution < 1.29 is 0 Å². The molecule has 0 saturated carbocycles. The molecule has 1 aromatic heterocycles. The summed E-state index contributed by atoms with van der Waals surface area (Å²) in [4.78, 5) is 8.16. The second-order valence-electron chi connectivity index (χ2n) is 2.53. The Morgan fingerprint density at radius 1 is 1.36 bits per heavy atom. The fourth-order valence-electron chi connectivity index (χ4n) is 0.855. The molecule has 3 nitrogen and oxygen atoms in total. The standard InChI is InChI=1S/C8H13N3/c1-7-10-5-8(6-11-7)3-2-4-9/h5-6H,2-4,9H2,1H3. The van der Waals surface area contributed by atoms with E-state index in [1.54, 1.807) is 0 Å². The molecular weight excluding hydrogens is 138 g/mol. The van der Waals surface area contributed by atoms with Gasteiger partial charge in [-0.15, -0.1) is 0 Å². The van der Waals surface area contributed by atoms with E-state index < -0.39 is 0 Å². The largest absolute Gasteiger partial charge is 0.330 e. The van der Waals surface area contributed by atoms with Gasteiger partial charge in [0.25, 0.3) is 0 Å². The van der Waals surface area contributed by atoms with Gasteiger partial charge in [-0.25, -0.2) is 9.97 Å². The third-order valence-corrected chi connectivity index (χ3v) is 1.50. The minimum Gasteiger partial charge on any atom is -0.330 e. The van der Waals surface area contributed by atoms with Gasteiger partial charge in [0.15, 0.2) is 0 Å². The predicted molar refractivity (Wildman–Crippen MR) is 44.1 cm³/mol. The SMILES string of the molecule is Cc1ncc(CCCN)cn1. The van der Waals surface area contributed by atoms with E-state index in [-0.39, 0.29) is 0 Å². The molecule has 1 aromatic rings. The van der Waals surface area contributed by atoms with Crippen molar-refractivity contribution in [1.82, 2.24) is 9.97 Å². The van der Waals surface area contributed by atoms with E-state index in [4.69, 9.17) is 5.73 Å². The lowest BCUT2D eigenvalue weighted by molar-refractivity contribution is 0.819. The van der Waals surface area contributed by atoms with Crippen LogP contribution < -0.4 is 5.73 Å². The molecule has 11 heavy (non-hydrogen) atoms. The predicted octanol–water partition coefficient (Wildman–Crippen LogP) is 0.676. The van der Waals surface area contributed by atoms with Crippen LogP contribution in [-0.2, 0) is 6.42 Å². The van der Waals surface area contributed by atoms with Gasteiger partial charge in [-0.05, 0) is 31.9 Å². The molecule has 0 unspecified atom stereocenters. The molecule has 0 fully saturated rings. The molecule has 1 rings (SSSR count). The molecule has 60 valence electrons. The zero-order valence-corrected chi connectivity index (χ0v) is 6.75. The third kappa shape index (κ3) is 2.63. The zero-order valence-electron chi connectivity index (χ0n) is 6.75. The number of nitrogens with zero attached hydrogens (tertiary/aromatic N) is 2. The van der Waals surface area contributed by atoms with Gasteiger partial charge in [0.1, 0.15) is 5.82 Å². The first kappa shape index (κ1) is 8.14. The quantitative estimate of drug-likeness (QED) is 0.691. The van der Waals surface area contributed by atoms with Gasteiger partial charge in [-0.3, -0.25) is 0 Å². The number of rotatable bonds is 3. The normalized spacial score (nSPS) is 10.0. The van der Waals surface area contributed by atoms with Gasteiger partial charge in [-0.2, -0.15) is 0 Å². The highest BCUT2D eigenvalue weighted by Gasteiger charge is 1.92. The zero-order chi connectivity index (χ0) is 8.10. The Kier molecular flexibility index (Phi) is 2.98. The van der Waals surface area contributed by atoms with E-state index in [1.807, 2.05) is 19.3 Å². The number of hydrogen-bond acceptors (Lipinski definition) is 3. The van der Waals surface area contributed by atoms with Crippen molar-refractivity contribution in [2.75, 3.05) is 6.54 Å². The Morgan fingerprint density at radius 2 is 2.00 bits per heavy atom. The van der Waals surface area contributed by atoms with E-state index >= 15 is 0 Å². The summed E-state index contributed by atoms with van der Waals surface area (Å²) in [5, 5.41) is 0. The van der Waals surface area contributed by atoms with Crippen LogP contribution in [0.3, 0.4) is 0 Å². The van der Waals surface area contributed by atoms with Gasteiger partial charge in [0, 0.05) is 12.4 Å². The van der Waals surface area contributed by atoms with Crippen LogP contribution in [0.4, 0.5) is 0 Å². The van der Waals surface area contributed by atoms with Gasteiger partial charge in [0.05, 0.1) is 0 Å². The van der Waals surface area contributed by atoms with Crippen LogP contribution in [0.25, 0.3) is 0 Å². The Morgan fingerprint density at radius 3 is 2.55 bits per heavy atom. The van der Waals surface area contributed by atoms with Crippen molar-refractivity contribution in [3.63, 3.8) is 0 Å². The van der Waals surface area contributed by atoms with Crippen LogP contribution in [0.2, 0.25) is 0 Å². The average molecular weight is 151 g/mol. The van der Waals surface area contributed by atoms with Crippen molar-refractivity contribution in [3.8, 4) is 0 Å². The maximum Gasteiger partial charge on any atom is 0.125 e. The molecule has 0 atom stereocenters. The fraction of sp³-hybridized carbons (Fsp3) is 0.500. The lowest BCUT2D eigenvalue weighted by Gasteiger charge is -1.97. The van der Waals surface area contributed by atoms with Crippen molar-refractivity contribution in [2.24, 2.45) is 5.73 Å². The minimum atomic E-state index is 0.730. The molecule has 0 amide bonds. The van der Waals surface area contributed by atoms with E-state index in [0.29, 0.717) is 0 Å². The maximum absolute atomic E-state index is 5.37. The lowest BCUT2D eigenvalue weighted by atomic mass is 10.2. The van der Waals surface area contributed by atoms with Crippen LogP contribution in [-0.4, -0.2) is 16.5 Å². The van der Waals surface area contributed by atoms with Crippen LogP contribution in [0.15, 0.2) is 12.4 Å². The monoisotopic (exact) mass is 151 g/mol. The molecule has 0 aliphatic rings. The summed E-state index contributed by atoms with van der Waals surface area (Å²) in [5.74, 6) is 0.821. The second kappa shape index (κ2) is 4.03. The summed E-state index contributed by atoms with van der Waals surface area (Å²) < 4.78 is 0. The van der Waals surface area contributed by atoms with Crippen LogP contribution >= 0.6 is 0 Å². The van der Waals surface area contributed by atoms with Gasteiger partial charge in [-0.1, -0.05) is 0 Å². The van der Waals surface area contributed by atoms with Crippen molar-refractivity contribution in [2.45, 2.75) is 19.8 Å². The van der Waals surface area contributed by atoms with Crippen molar-refractivity contribution >= 4 is 0 Å². The summed E-state index contributed by atoms with van der Waals surface area (Å²) in [6.45, 7) is 2.61. The first-order valence-corrected chi connectivity index (χ1v) is 3.80. The molecule has 1 heterocycles. The van der Waals surface area contributed by atoms with Crippen LogP contribution in [0.1, 0.15) is 17.8 Å². The summed E-state index contributed by atoms with van der Waals surface area (Å²) in [7, 11) is 0. The maximum atomic E-state index is 5.37. The van der Waals surface area contributed by atoms with E-state index in [0.717, 1.165) is 25.2 Å². The molecule has 3 heteroatoms. The summed E-state index contributed by atoms with van der Waals surface area (Å²) in [6, 6.07) is 0. The summed E-state index contributed by atoms with van der Waals surface area (Å²) >= 11 is 0. The molecule has 2 N–H and O–H groups in total.